The molecule has 122 valence electrons. The molecule has 0 saturated carbocycles. The average molecular weight is 352 g/mol. The van der Waals surface area contributed by atoms with Crippen molar-refractivity contribution in [2.75, 3.05) is 11.9 Å². The zero-order valence-electron chi connectivity index (χ0n) is 13.1. The highest BCUT2D eigenvalue weighted by molar-refractivity contribution is 6.34. The third-order valence-corrected chi connectivity index (χ3v) is 4.02. The van der Waals surface area contributed by atoms with Crippen LogP contribution < -0.4 is 10.1 Å². The van der Waals surface area contributed by atoms with Crippen molar-refractivity contribution in [1.29, 1.82) is 0 Å². The summed E-state index contributed by atoms with van der Waals surface area (Å²) in [5.41, 5.74) is 1.94. The van der Waals surface area contributed by atoms with Gasteiger partial charge in [0.25, 0.3) is 5.91 Å². The molecule has 0 aliphatic rings. The number of ether oxygens (including phenoxy) is 1. The number of amides is 1. The van der Waals surface area contributed by atoms with Crippen LogP contribution in [0.3, 0.4) is 0 Å². The fraction of sp³-hybridized carbons (Fsp3) is 0.278. The van der Waals surface area contributed by atoms with Gasteiger partial charge >= 0.3 is 0 Å². The molecule has 0 saturated heterocycles. The Kier molecular flexibility index (Phi) is 6.31. The Morgan fingerprint density at radius 2 is 1.83 bits per heavy atom. The number of nitrogens with one attached hydrogen (secondary N) is 1. The molecule has 0 aromatic heterocycles. The highest BCUT2D eigenvalue weighted by Crippen LogP contribution is 2.27. The molecule has 1 amide bonds. The van der Waals surface area contributed by atoms with E-state index < -0.39 is 0 Å². The molecule has 0 radical (unpaired) electrons. The van der Waals surface area contributed by atoms with Gasteiger partial charge in [0.15, 0.2) is 6.61 Å². The van der Waals surface area contributed by atoms with Gasteiger partial charge in [-0.2, -0.15) is 0 Å². The minimum absolute atomic E-state index is 0.106. The lowest BCUT2D eigenvalue weighted by Gasteiger charge is -2.15. The van der Waals surface area contributed by atoms with E-state index in [0.717, 1.165) is 17.7 Å². The number of para-hydroxylation sites is 1. The van der Waals surface area contributed by atoms with Crippen molar-refractivity contribution in [3.8, 4) is 5.75 Å². The van der Waals surface area contributed by atoms with Gasteiger partial charge in [-0.15, -0.1) is 0 Å². The lowest BCUT2D eigenvalue weighted by molar-refractivity contribution is -0.118. The van der Waals surface area contributed by atoms with Crippen LogP contribution in [0.2, 0.25) is 10.0 Å². The fourth-order valence-electron chi connectivity index (χ4n) is 2.21. The fourth-order valence-corrected chi connectivity index (χ4v) is 2.71. The first kappa shape index (κ1) is 17.6. The summed E-state index contributed by atoms with van der Waals surface area (Å²) in [5.74, 6) is 0.615. The number of rotatable bonds is 6. The third-order valence-electron chi connectivity index (χ3n) is 3.58. The number of carbonyl (C=O) groups is 1. The second kappa shape index (κ2) is 8.23. The highest BCUT2D eigenvalue weighted by Gasteiger charge is 2.11. The maximum absolute atomic E-state index is 12.1. The molecule has 0 bridgehead atoms. The Bertz CT molecular complexity index is 668. The molecule has 5 heteroatoms. The number of anilines is 1. The molecule has 0 fully saturated rings. The molecule has 2 aromatic carbocycles. The first-order valence-corrected chi connectivity index (χ1v) is 8.23. The second-order valence-electron chi connectivity index (χ2n) is 5.34. The van der Waals surface area contributed by atoms with Crippen molar-refractivity contribution >= 4 is 34.8 Å². The van der Waals surface area contributed by atoms with Crippen LogP contribution >= 0.6 is 23.2 Å². The number of benzene rings is 2. The Balaban J connectivity index is 2.00. The van der Waals surface area contributed by atoms with E-state index in [1.165, 1.54) is 0 Å². The molecule has 0 heterocycles. The normalized spacial score (nSPS) is 11.8. The average Bonchev–Trinajstić information content (AvgIpc) is 2.52. The molecule has 2 aromatic rings. The van der Waals surface area contributed by atoms with Gasteiger partial charge in [0.2, 0.25) is 0 Å². The van der Waals surface area contributed by atoms with Crippen molar-refractivity contribution in [2.45, 2.75) is 26.2 Å². The number of carbonyl (C=O) groups excluding carboxylic acids is 1. The van der Waals surface area contributed by atoms with Gasteiger partial charge in [0, 0.05) is 15.7 Å². The van der Waals surface area contributed by atoms with Gasteiger partial charge in [-0.3, -0.25) is 4.79 Å². The van der Waals surface area contributed by atoms with Crippen LogP contribution in [-0.4, -0.2) is 12.5 Å². The summed E-state index contributed by atoms with van der Waals surface area (Å²) in [6.07, 6.45) is 1.00. The quantitative estimate of drug-likeness (QED) is 0.743. The first-order valence-electron chi connectivity index (χ1n) is 7.47. The summed E-state index contributed by atoms with van der Waals surface area (Å²) in [4.78, 5) is 12.1. The van der Waals surface area contributed by atoms with E-state index in [9.17, 15) is 4.79 Å². The van der Waals surface area contributed by atoms with Crippen LogP contribution in [0.15, 0.2) is 42.5 Å². The molecule has 23 heavy (non-hydrogen) atoms. The topological polar surface area (TPSA) is 38.3 Å². The summed E-state index contributed by atoms with van der Waals surface area (Å²) in [7, 11) is 0. The predicted octanol–water partition coefficient (Wildman–Crippen LogP) is 5.52. The van der Waals surface area contributed by atoms with E-state index in [2.05, 4.69) is 19.2 Å². The van der Waals surface area contributed by atoms with Crippen LogP contribution in [0.25, 0.3) is 0 Å². The van der Waals surface area contributed by atoms with Crippen molar-refractivity contribution < 1.29 is 9.53 Å². The molecular formula is C18H19Cl2NO2. The number of halogens is 2. The summed E-state index contributed by atoms with van der Waals surface area (Å²) in [6, 6.07) is 12.7. The van der Waals surface area contributed by atoms with Gasteiger partial charge in [0.05, 0.1) is 0 Å². The molecule has 1 atom stereocenters. The van der Waals surface area contributed by atoms with Crippen LogP contribution in [-0.2, 0) is 4.79 Å². The van der Waals surface area contributed by atoms with Gasteiger partial charge in [-0.05, 0) is 42.2 Å². The number of hydrogen-bond donors (Lipinski definition) is 1. The van der Waals surface area contributed by atoms with E-state index in [-0.39, 0.29) is 12.5 Å². The van der Waals surface area contributed by atoms with Gasteiger partial charge in [0.1, 0.15) is 5.75 Å². The SMILES string of the molecule is CC[C@H](C)c1ccccc1NC(=O)COc1cc(Cl)cc(Cl)c1. The zero-order valence-corrected chi connectivity index (χ0v) is 14.6. The molecule has 0 aliphatic heterocycles. The van der Waals surface area contributed by atoms with E-state index >= 15 is 0 Å². The van der Waals surface area contributed by atoms with Crippen LogP contribution in [0, 0.1) is 0 Å². The summed E-state index contributed by atoms with van der Waals surface area (Å²) < 4.78 is 5.45. The molecule has 0 unspecified atom stereocenters. The summed E-state index contributed by atoms with van der Waals surface area (Å²) in [5, 5.41) is 3.83. The monoisotopic (exact) mass is 351 g/mol. The van der Waals surface area contributed by atoms with Crippen molar-refractivity contribution in [3.63, 3.8) is 0 Å². The molecule has 1 N–H and O–H groups in total. The van der Waals surface area contributed by atoms with Crippen molar-refractivity contribution in [3.05, 3.63) is 58.1 Å². The molecular weight excluding hydrogens is 333 g/mol. The van der Waals surface area contributed by atoms with Crippen molar-refractivity contribution in [2.24, 2.45) is 0 Å². The van der Waals surface area contributed by atoms with E-state index in [1.54, 1.807) is 18.2 Å². The van der Waals surface area contributed by atoms with Gasteiger partial charge < -0.3 is 10.1 Å². The minimum atomic E-state index is -0.225. The van der Waals surface area contributed by atoms with Crippen LogP contribution in [0.5, 0.6) is 5.75 Å². The first-order chi connectivity index (χ1) is 11.0. The van der Waals surface area contributed by atoms with Gasteiger partial charge in [-0.25, -0.2) is 0 Å². The lowest BCUT2D eigenvalue weighted by atomic mass is 9.97. The Labute approximate surface area is 146 Å². The molecule has 2 rings (SSSR count). The number of hydrogen-bond acceptors (Lipinski definition) is 2. The molecule has 3 nitrogen and oxygen atoms in total. The maximum atomic E-state index is 12.1. The largest absolute Gasteiger partial charge is 0.484 e. The van der Waals surface area contributed by atoms with Gasteiger partial charge in [-0.1, -0.05) is 55.2 Å². The van der Waals surface area contributed by atoms with Crippen molar-refractivity contribution in [1.82, 2.24) is 0 Å². The summed E-state index contributed by atoms with van der Waals surface area (Å²) >= 11 is 11.8. The molecule has 0 spiro atoms. The maximum Gasteiger partial charge on any atom is 0.262 e. The molecule has 0 aliphatic carbocycles. The Morgan fingerprint density at radius 1 is 1.17 bits per heavy atom. The summed E-state index contributed by atoms with van der Waals surface area (Å²) in [6.45, 7) is 4.15. The second-order valence-corrected chi connectivity index (χ2v) is 6.21. The standard InChI is InChI=1S/C18H19Cl2NO2/c1-3-12(2)16-6-4-5-7-17(16)21-18(22)11-23-15-9-13(19)8-14(20)10-15/h4-10,12H,3,11H2,1-2H3,(H,21,22)/t12-/m0/s1. The highest BCUT2D eigenvalue weighted by atomic mass is 35.5. The predicted molar refractivity (Wildman–Crippen MR) is 95.7 cm³/mol. The lowest BCUT2D eigenvalue weighted by Crippen LogP contribution is -2.21. The minimum Gasteiger partial charge on any atom is -0.484 e. The zero-order chi connectivity index (χ0) is 16.8. The van der Waals surface area contributed by atoms with E-state index in [4.69, 9.17) is 27.9 Å². The van der Waals surface area contributed by atoms with E-state index in [0.29, 0.717) is 21.7 Å². The van der Waals surface area contributed by atoms with Crippen LogP contribution in [0.4, 0.5) is 5.69 Å². The Hall–Kier alpha value is -1.71. The third kappa shape index (κ3) is 5.15. The van der Waals surface area contributed by atoms with E-state index in [1.807, 2.05) is 24.3 Å². The smallest absolute Gasteiger partial charge is 0.262 e. The Morgan fingerprint density at radius 3 is 2.48 bits per heavy atom. The van der Waals surface area contributed by atoms with Crippen LogP contribution in [0.1, 0.15) is 31.7 Å².